The molecule has 5 atom stereocenters. The Hall–Kier alpha value is -2.20. The summed E-state index contributed by atoms with van der Waals surface area (Å²) in [5.74, 6) is -2.12. The van der Waals surface area contributed by atoms with Crippen LogP contribution in [0.25, 0.3) is 0 Å². The van der Waals surface area contributed by atoms with Gasteiger partial charge in [0, 0.05) is 25.7 Å². The molecule has 0 amide bonds. The number of carbonyl (C=O) groups excluding carboxylic acids is 4. The summed E-state index contributed by atoms with van der Waals surface area (Å²) < 4.78 is 68.6. The first kappa shape index (κ1) is 93.8. The van der Waals surface area contributed by atoms with E-state index >= 15 is 0 Å². The maximum Gasteiger partial charge on any atom is 0.472 e. The third-order valence-electron chi connectivity index (χ3n) is 17.8. The van der Waals surface area contributed by atoms with Crippen LogP contribution < -0.4 is 0 Å². The van der Waals surface area contributed by atoms with Crippen molar-refractivity contribution in [3.63, 3.8) is 0 Å². The normalized spacial score (nSPS) is 13.9. The number of esters is 4. The van der Waals surface area contributed by atoms with Gasteiger partial charge >= 0.3 is 39.5 Å². The average molecular weight is 1410 g/mol. The minimum Gasteiger partial charge on any atom is -0.462 e. The monoisotopic (exact) mass is 1410 g/mol. The zero-order chi connectivity index (χ0) is 70.4. The van der Waals surface area contributed by atoms with Gasteiger partial charge in [0.15, 0.2) is 12.2 Å². The SMILES string of the molecule is CCCCCCCC/C=C\CCCCCCCC(=O)OCC(COP(=O)(O)OCC(O)COP(=O)(O)OCC(COC(=O)CCCCCCCCCCCCCCCCC)OC(=O)CCCCCCCCCCCCCCC)OC(=O)CCCCCCCCCCCCCCC. The van der Waals surface area contributed by atoms with Gasteiger partial charge in [0.1, 0.15) is 19.3 Å². The van der Waals surface area contributed by atoms with Gasteiger partial charge in [0.2, 0.25) is 0 Å². The van der Waals surface area contributed by atoms with E-state index in [2.05, 4.69) is 39.8 Å². The first-order valence-electron chi connectivity index (χ1n) is 39.9. The van der Waals surface area contributed by atoms with Crippen LogP contribution in [-0.4, -0.2) is 96.7 Å². The third kappa shape index (κ3) is 70.2. The summed E-state index contributed by atoms with van der Waals surface area (Å²) in [5, 5.41) is 10.6. The minimum atomic E-state index is -4.96. The van der Waals surface area contributed by atoms with Crippen molar-refractivity contribution in [2.75, 3.05) is 39.6 Å². The predicted octanol–water partition coefficient (Wildman–Crippen LogP) is 22.8. The highest BCUT2D eigenvalue weighted by molar-refractivity contribution is 7.47. The molecule has 0 heterocycles. The topological polar surface area (TPSA) is 237 Å². The van der Waals surface area contributed by atoms with Gasteiger partial charge in [-0.2, -0.15) is 0 Å². The number of carbonyl (C=O) groups is 4. The fourth-order valence-corrected chi connectivity index (χ4v) is 13.2. The fourth-order valence-electron chi connectivity index (χ4n) is 11.6. The molecule has 0 radical (unpaired) electrons. The number of hydrogen-bond acceptors (Lipinski definition) is 15. The molecule has 5 unspecified atom stereocenters. The number of unbranched alkanes of at least 4 members (excludes halogenated alkanes) is 49. The zero-order valence-corrected chi connectivity index (χ0v) is 63.9. The summed E-state index contributed by atoms with van der Waals surface area (Å²) in [7, 11) is -9.92. The lowest BCUT2D eigenvalue weighted by atomic mass is 10.0. The molecule has 0 saturated carbocycles. The van der Waals surface area contributed by atoms with Crippen molar-refractivity contribution in [1.82, 2.24) is 0 Å². The van der Waals surface area contributed by atoms with Crippen LogP contribution in [0.3, 0.4) is 0 Å². The molecular weight excluding hydrogens is 1260 g/mol. The summed E-state index contributed by atoms with van der Waals surface area (Å²) >= 11 is 0. The van der Waals surface area contributed by atoms with Crippen molar-refractivity contribution < 1.29 is 80.2 Å². The molecule has 17 nitrogen and oxygen atoms in total. The predicted molar refractivity (Wildman–Crippen MR) is 391 cm³/mol. The van der Waals surface area contributed by atoms with Crippen molar-refractivity contribution in [3.8, 4) is 0 Å². The number of phosphoric acid groups is 2. The van der Waals surface area contributed by atoms with Gasteiger partial charge < -0.3 is 33.8 Å². The highest BCUT2D eigenvalue weighted by atomic mass is 31.2. The molecule has 0 aromatic heterocycles. The Morgan fingerprint density at radius 1 is 0.281 bits per heavy atom. The second kappa shape index (κ2) is 71.2. The van der Waals surface area contributed by atoms with Gasteiger partial charge in [0.25, 0.3) is 0 Å². The number of phosphoric ester groups is 2. The minimum absolute atomic E-state index is 0.105. The van der Waals surface area contributed by atoms with Crippen LogP contribution in [0, 0.1) is 0 Å². The van der Waals surface area contributed by atoms with Crippen LogP contribution in [0.4, 0.5) is 0 Å². The van der Waals surface area contributed by atoms with E-state index in [4.69, 9.17) is 37.0 Å². The summed E-state index contributed by atoms with van der Waals surface area (Å²) in [5.41, 5.74) is 0. The van der Waals surface area contributed by atoms with Crippen LogP contribution in [0.5, 0.6) is 0 Å². The largest absolute Gasteiger partial charge is 0.472 e. The molecule has 0 aromatic rings. The quantitative estimate of drug-likeness (QED) is 0.0169. The Balaban J connectivity index is 5.27. The first-order chi connectivity index (χ1) is 46.7. The van der Waals surface area contributed by atoms with Gasteiger partial charge in [-0.25, -0.2) is 9.13 Å². The van der Waals surface area contributed by atoms with E-state index in [1.807, 2.05) is 0 Å². The van der Waals surface area contributed by atoms with E-state index in [0.717, 1.165) is 109 Å². The molecule has 96 heavy (non-hydrogen) atoms. The van der Waals surface area contributed by atoms with Crippen molar-refractivity contribution in [2.24, 2.45) is 0 Å². The fraction of sp³-hybridized carbons (Fsp3) is 0.922. The number of allylic oxidation sites excluding steroid dienone is 2. The molecule has 0 aromatic carbocycles. The van der Waals surface area contributed by atoms with Crippen LogP contribution in [0.2, 0.25) is 0 Å². The third-order valence-corrected chi connectivity index (χ3v) is 19.7. The van der Waals surface area contributed by atoms with E-state index in [9.17, 15) is 43.2 Å². The Labute approximate surface area is 587 Å². The number of hydrogen-bond donors (Lipinski definition) is 3. The van der Waals surface area contributed by atoms with Crippen LogP contribution in [0.1, 0.15) is 400 Å². The summed E-state index contributed by atoms with van der Waals surface area (Å²) in [6, 6.07) is 0. The zero-order valence-electron chi connectivity index (χ0n) is 62.1. The summed E-state index contributed by atoms with van der Waals surface area (Å²) in [4.78, 5) is 72.9. The first-order valence-corrected chi connectivity index (χ1v) is 42.9. The second-order valence-corrected chi connectivity index (χ2v) is 30.3. The molecule has 19 heteroatoms. The van der Waals surface area contributed by atoms with Crippen molar-refractivity contribution in [3.05, 3.63) is 12.2 Å². The van der Waals surface area contributed by atoms with Crippen molar-refractivity contribution in [2.45, 2.75) is 418 Å². The number of ether oxygens (including phenoxy) is 4. The van der Waals surface area contributed by atoms with Crippen molar-refractivity contribution in [1.29, 1.82) is 0 Å². The maximum atomic E-state index is 13.1. The lowest BCUT2D eigenvalue weighted by Crippen LogP contribution is -2.30. The van der Waals surface area contributed by atoms with E-state index in [-0.39, 0.29) is 25.7 Å². The Kier molecular flexibility index (Phi) is 69.6. The van der Waals surface area contributed by atoms with E-state index in [1.165, 1.54) is 212 Å². The lowest BCUT2D eigenvalue weighted by Gasteiger charge is -2.21. The highest BCUT2D eigenvalue weighted by Gasteiger charge is 2.30. The van der Waals surface area contributed by atoms with E-state index in [1.54, 1.807) is 0 Å². The van der Waals surface area contributed by atoms with Gasteiger partial charge in [-0.1, -0.05) is 335 Å². The second-order valence-electron chi connectivity index (χ2n) is 27.4. The Morgan fingerprint density at radius 2 is 0.479 bits per heavy atom. The molecule has 0 saturated heterocycles. The number of aliphatic hydroxyl groups excluding tert-OH is 1. The average Bonchev–Trinajstić information content (AvgIpc) is 1.14. The Morgan fingerprint density at radius 3 is 0.719 bits per heavy atom. The smallest absolute Gasteiger partial charge is 0.462 e. The molecular formula is C77H148O17P2. The van der Waals surface area contributed by atoms with Crippen LogP contribution in [-0.2, 0) is 65.4 Å². The number of aliphatic hydroxyl groups is 1. The van der Waals surface area contributed by atoms with E-state index in [0.29, 0.717) is 25.7 Å². The molecule has 0 aliphatic heterocycles. The Bertz CT molecular complexity index is 1870. The standard InChI is InChI=1S/C77H148O17P2/c1-5-9-13-17-21-25-29-33-35-39-41-45-49-53-57-61-74(79)87-67-72(93-76(81)63-59-55-51-47-43-37-31-27-23-19-15-11-7-3)69-91-95(83,84)89-65-71(78)66-90-96(85,86)92-70-73(94-77(82)64-60-56-52-48-44-38-32-28-24-20-16-12-8-4)68-88-75(80)62-58-54-50-46-42-40-36-34-30-26-22-18-14-10-6-2/h33,35,71-73,78H,5-32,34,36-70H2,1-4H3,(H,83,84)(H,85,86)/b35-33-. The number of rotatable bonds is 77. The molecule has 0 aliphatic rings. The van der Waals surface area contributed by atoms with Gasteiger partial charge in [0.05, 0.1) is 26.4 Å². The molecule has 0 fully saturated rings. The molecule has 0 aliphatic carbocycles. The highest BCUT2D eigenvalue weighted by Crippen LogP contribution is 2.45. The van der Waals surface area contributed by atoms with Gasteiger partial charge in [-0.05, 0) is 51.4 Å². The van der Waals surface area contributed by atoms with Crippen molar-refractivity contribution >= 4 is 39.5 Å². The molecule has 0 bridgehead atoms. The molecule has 3 N–H and O–H groups in total. The van der Waals surface area contributed by atoms with Crippen LogP contribution in [0.15, 0.2) is 12.2 Å². The van der Waals surface area contributed by atoms with Gasteiger partial charge in [-0.15, -0.1) is 0 Å². The maximum absolute atomic E-state index is 13.1. The molecule has 0 spiro atoms. The summed E-state index contributed by atoms with van der Waals surface area (Å²) in [6.45, 7) is 4.98. The summed E-state index contributed by atoms with van der Waals surface area (Å²) in [6.07, 6.45) is 63.3. The molecule has 0 rings (SSSR count). The van der Waals surface area contributed by atoms with E-state index < -0.39 is 97.5 Å². The van der Waals surface area contributed by atoms with Gasteiger partial charge in [-0.3, -0.25) is 37.3 Å². The van der Waals surface area contributed by atoms with Crippen LogP contribution >= 0.6 is 15.6 Å². The molecule has 568 valence electrons. The lowest BCUT2D eigenvalue weighted by molar-refractivity contribution is -0.161.